The van der Waals surface area contributed by atoms with Crippen LogP contribution in [-0.2, 0) is 0 Å². The molecule has 0 amide bonds. The molecular formula is C19H15N5O2. The number of nitriles is 1. The Labute approximate surface area is 149 Å². The lowest BCUT2D eigenvalue weighted by Crippen LogP contribution is -1.95. The molecule has 0 spiro atoms. The van der Waals surface area contributed by atoms with Gasteiger partial charge in [0, 0.05) is 17.1 Å². The maximum atomic E-state index is 9.06. The van der Waals surface area contributed by atoms with Crippen molar-refractivity contribution < 1.29 is 9.47 Å². The number of hydrogen-bond donors (Lipinski definition) is 2. The van der Waals surface area contributed by atoms with Crippen molar-refractivity contribution in [1.29, 1.82) is 5.26 Å². The number of rotatable bonds is 4. The first-order valence-corrected chi connectivity index (χ1v) is 7.89. The van der Waals surface area contributed by atoms with E-state index in [9.17, 15) is 0 Å². The molecule has 0 saturated heterocycles. The highest BCUT2D eigenvalue weighted by atomic mass is 16.5. The van der Waals surface area contributed by atoms with E-state index < -0.39 is 0 Å². The lowest BCUT2D eigenvalue weighted by atomic mass is 10.2. The summed E-state index contributed by atoms with van der Waals surface area (Å²) in [5.41, 5.74) is 3.76. The first-order valence-electron chi connectivity index (χ1n) is 7.89. The fourth-order valence-electron chi connectivity index (χ4n) is 2.92. The normalized spacial score (nSPS) is 10.7. The van der Waals surface area contributed by atoms with E-state index in [1.165, 1.54) is 6.33 Å². The molecule has 0 atom stereocenters. The van der Waals surface area contributed by atoms with Crippen molar-refractivity contribution in [3.63, 3.8) is 0 Å². The van der Waals surface area contributed by atoms with Crippen LogP contribution in [0.15, 0.2) is 42.7 Å². The summed E-state index contributed by atoms with van der Waals surface area (Å²) >= 11 is 0. The summed E-state index contributed by atoms with van der Waals surface area (Å²) in [6.45, 7) is 0. The smallest absolute Gasteiger partial charge is 0.162 e. The monoisotopic (exact) mass is 345 g/mol. The predicted octanol–water partition coefficient (Wildman–Crippen LogP) is 3.74. The molecule has 4 aromatic rings. The van der Waals surface area contributed by atoms with Gasteiger partial charge in [0.25, 0.3) is 0 Å². The number of benzene rings is 2. The third-order valence-electron chi connectivity index (χ3n) is 4.14. The summed E-state index contributed by atoms with van der Waals surface area (Å²) in [7, 11) is 3.20. The molecule has 0 radical (unpaired) electrons. The summed E-state index contributed by atoms with van der Waals surface area (Å²) in [6, 6.07) is 13.1. The van der Waals surface area contributed by atoms with Gasteiger partial charge in [-0.05, 0) is 24.3 Å². The number of nitrogens with one attached hydrogen (secondary N) is 2. The van der Waals surface area contributed by atoms with Crippen LogP contribution in [0.1, 0.15) is 5.56 Å². The first kappa shape index (κ1) is 15.7. The number of methoxy groups -OCH3 is 2. The SMILES string of the molecule is COc1cc2[nH]c3c(Nc4cccc(C#N)c4)ncnc3c2cc1OC. The first-order chi connectivity index (χ1) is 12.7. The summed E-state index contributed by atoms with van der Waals surface area (Å²) in [4.78, 5) is 12.1. The largest absolute Gasteiger partial charge is 0.493 e. The number of anilines is 2. The third-order valence-corrected chi connectivity index (χ3v) is 4.14. The Hall–Kier alpha value is -3.79. The minimum Gasteiger partial charge on any atom is -0.493 e. The molecule has 0 unspecified atom stereocenters. The molecule has 2 heterocycles. The summed E-state index contributed by atoms with van der Waals surface area (Å²) in [5, 5.41) is 13.2. The Bertz CT molecular complexity index is 1160. The van der Waals surface area contributed by atoms with Gasteiger partial charge in [-0.1, -0.05) is 6.07 Å². The number of H-pyrrole nitrogens is 1. The van der Waals surface area contributed by atoms with E-state index in [2.05, 4.69) is 26.3 Å². The molecule has 2 N–H and O–H groups in total. The van der Waals surface area contributed by atoms with E-state index in [1.807, 2.05) is 24.3 Å². The van der Waals surface area contributed by atoms with Gasteiger partial charge < -0.3 is 19.8 Å². The van der Waals surface area contributed by atoms with Crippen LogP contribution in [0, 0.1) is 11.3 Å². The molecule has 0 bridgehead atoms. The van der Waals surface area contributed by atoms with Crippen LogP contribution in [0.5, 0.6) is 11.5 Å². The Morgan fingerprint density at radius 3 is 2.65 bits per heavy atom. The van der Waals surface area contributed by atoms with Crippen molar-refractivity contribution in [1.82, 2.24) is 15.0 Å². The average Bonchev–Trinajstić information content (AvgIpc) is 3.05. The number of hydrogen-bond acceptors (Lipinski definition) is 6. The summed E-state index contributed by atoms with van der Waals surface area (Å²) in [5.74, 6) is 1.89. The highest BCUT2D eigenvalue weighted by Gasteiger charge is 2.14. The fraction of sp³-hybridized carbons (Fsp3) is 0.105. The van der Waals surface area contributed by atoms with Gasteiger partial charge in [0.2, 0.25) is 0 Å². The maximum Gasteiger partial charge on any atom is 0.162 e. The molecule has 0 aliphatic rings. The standard InChI is InChI=1S/C19H15N5O2/c1-25-15-7-13-14(8-16(15)26-2)24-18-17(13)21-10-22-19(18)23-12-5-3-4-11(6-12)9-20/h3-8,10,24H,1-2H3,(H,21,22,23). The Kier molecular flexibility index (Phi) is 3.78. The van der Waals surface area contributed by atoms with Gasteiger partial charge in [0.05, 0.1) is 31.4 Å². The van der Waals surface area contributed by atoms with Crippen molar-refractivity contribution in [2.45, 2.75) is 0 Å². The van der Waals surface area contributed by atoms with Crippen LogP contribution < -0.4 is 14.8 Å². The number of aromatic amines is 1. The molecule has 7 nitrogen and oxygen atoms in total. The van der Waals surface area contributed by atoms with Gasteiger partial charge in [-0.3, -0.25) is 0 Å². The minimum atomic E-state index is 0.575. The lowest BCUT2D eigenvalue weighted by Gasteiger charge is -2.07. The molecule has 0 aliphatic heterocycles. The second-order valence-electron chi connectivity index (χ2n) is 5.64. The fourth-order valence-corrected chi connectivity index (χ4v) is 2.92. The van der Waals surface area contributed by atoms with E-state index in [4.69, 9.17) is 14.7 Å². The van der Waals surface area contributed by atoms with Crippen LogP contribution in [0.3, 0.4) is 0 Å². The van der Waals surface area contributed by atoms with E-state index in [-0.39, 0.29) is 0 Å². The number of ether oxygens (including phenoxy) is 2. The van der Waals surface area contributed by atoms with Crippen molar-refractivity contribution in [3.8, 4) is 17.6 Å². The van der Waals surface area contributed by atoms with E-state index >= 15 is 0 Å². The molecule has 7 heteroatoms. The second-order valence-corrected chi connectivity index (χ2v) is 5.64. The van der Waals surface area contributed by atoms with Gasteiger partial charge in [-0.15, -0.1) is 0 Å². The third kappa shape index (κ3) is 2.54. The van der Waals surface area contributed by atoms with Crippen LogP contribution in [-0.4, -0.2) is 29.2 Å². The molecule has 2 aromatic carbocycles. The lowest BCUT2D eigenvalue weighted by molar-refractivity contribution is 0.356. The zero-order valence-electron chi connectivity index (χ0n) is 14.2. The molecule has 26 heavy (non-hydrogen) atoms. The molecule has 0 fully saturated rings. The van der Waals surface area contributed by atoms with Crippen LogP contribution in [0.4, 0.5) is 11.5 Å². The zero-order chi connectivity index (χ0) is 18.1. The van der Waals surface area contributed by atoms with E-state index in [1.54, 1.807) is 26.4 Å². The molecular weight excluding hydrogens is 330 g/mol. The predicted molar refractivity (Wildman–Crippen MR) is 98.9 cm³/mol. The van der Waals surface area contributed by atoms with Crippen LogP contribution >= 0.6 is 0 Å². The van der Waals surface area contributed by atoms with Gasteiger partial charge in [-0.25, -0.2) is 9.97 Å². The van der Waals surface area contributed by atoms with E-state index in [0.29, 0.717) is 22.9 Å². The maximum absolute atomic E-state index is 9.06. The van der Waals surface area contributed by atoms with Crippen molar-refractivity contribution in [2.75, 3.05) is 19.5 Å². The molecule has 0 saturated carbocycles. The molecule has 2 aromatic heterocycles. The number of nitrogens with zero attached hydrogens (tertiary/aromatic N) is 3. The van der Waals surface area contributed by atoms with Crippen LogP contribution in [0.25, 0.3) is 21.9 Å². The summed E-state index contributed by atoms with van der Waals surface area (Å²) in [6.07, 6.45) is 1.50. The number of aromatic nitrogens is 3. The highest BCUT2D eigenvalue weighted by molar-refractivity contribution is 6.09. The van der Waals surface area contributed by atoms with Crippen LogP contribution in [0.2, 0.25) is 0 Å². The van der Waals surface area contributed by atoms with Gasteiger partial charge in [0.15, 0.2) is 17.3 Å². The van der Waals surface area contributed by atoms with Crippen molar-refractivity contribution in [2.24, 2.45) is 0 Å². The Balaban J connectivity index is 1.87. The summed E-state index contributed by atoms with van der Waals surface area (Å²) < 4.78 is 10.7. The topological polar surface area (TPSA) is 95.8 Å². The van der Waals surface area contributed by atoms with Gasteiger partial charge in [0.1, 0.15) is 17.4 Å². The Morgan fingerprint density at radius 1 is 1.08 bits per heavy atom. The minimum absolute atomic E-state index is 0.575. The second kappa shape index (κ2) is 6.26. The quantitative estimate of drug-likeness (QED) is 0.585. The highest BCUT2D eigenvalue weighted by Crippen LogP contribution is 2.36. The van der Waals surface area contributed by atoms with Gasteiger partial charge in [-0.2, -0.15) is 5.26 Å². The number of fused-ring (bicyclic) bond motifs is 3. The average molecular weight is 345 g/mol. The molecule has 4 rings (SSSR count). The van der Waals surface area contributed by atoms with Crippen molar-refractivity contribution >= 4 is 33.4 Å². The Morgan fingerprint density at radius 2 is 1.88 bits per heavy atom. The molecule has 128 valence electrons. The van der Waals surface area contributed by atoms with Gasteiger partial charge >= 0.3 is 0 Å². The van der Waals surface area contributed by atoms with Crippen molar-refractivity contribution in [3.05, 3.63) is 48.3 Å². The van der Waals surface area contributed by atoms with E-state index in [0.717, 1.165) is 27.6 Å². The zero-order valence-corrected chi connectivity index (χ0v) is 14.2. The molecule has 0 aliphatic carbocycles.